The van der Waals surface area contributed by atoms with E-state index in [-0.39, 0.29) is 11.2 Å². The number of rotatable bonds is 5. The highest BCUT2D eigenvalue weighted by Gasteiger charge is 2.20. The first-order chi connectivity index (χ1) is 7.06. The average Bonchev–Trinajstić information content (AvgIpc) is 2.18. The maximum atomic E-state index is 13.0. The molecule has 0 aromatic heterocycles. The lowest BCUT2D eigenvalue weighted by Crippen LogP contribution is -2.35. The molecule has 0 saturated heterocycles. The molecule has 0 aliphatic heterocycles. The zero-order valence-corrected chi connectivity index (χ0v) is 9.39. The Balaban J connectivity index is 2.67. The number of nitrogens with two attached hydrogens (primary N) is 1. The predicted molar refractivity (Wildman–Crippen MR) is 61.4 cm³/mol. The van der Waals surface area contributed by atoms with E-state index in [1.165, 1.54) is 6.07 Å². The van der Waals surface area contributed by atoms with E-state index in [9.17, 15) is 4.39 Å². The van der Waals surface area contributed by atoms with Crippen LogP contribution in [0.2, 0.25) is 0 Å². The van der Waals surface area contributed by atoms with Crippen LogP contribution in [0.5, 0.6) is 0 Å². The third-order valence-electron chi connectivity index (χ3n) is 2.49. The molecular weight excluding hydrogens is 191 g/mol. The zero-order chi connectivity index (χ0) is 11.3. The van der Waals surface area contributed by atoms with E-state index in [1.54, 1.807) is 12.1 Å². The minimum absolute atomic E-state index is 0.0722. The summed E-state index contributed by atoms with van der Waals surface area (Å²) in [5, 5.41) is 3.25. The molecule has 3 N–H and O–H groups in total. The summed E-state index contributed by atoms with van der Waals surface area (Å²) < 4.78 is 13.0. The number of hydrogen-bond acceptors (Lipinski definition) is 2. The Hall–Kier alpha value is -0.930. The van der Waals surface area contributed by atoms with Crippen LogP contribution >= 0.6 is 0 Å². The van der Waals surface area contributed by atoms with Gasteiger partial charge in [0.05, 0.1) is 0 Å². The molecule has 0 aliphatic carbocycles. The summed E-state index contributed by atoms with van der Waals surface area (Å²) in [6, 6.07) is 6.75. The molecule has 1 rings (SSSR count). The van der Waals surface area contributed by atoms with Gasteiger partial charge < -0.3 is 11.1 Å². The van der Waals surface area contributed by atoms with E-state index in [0.29, 0.717) is 6.54 Å². The number of hydrogen-bond donors (Lipinski definition) is 2. The Labute approximate surface area is 90.7 Å². The fourth-order valence-electron chi connectivity index (χ4n) is 1.51. The van der Waals surface area contributed by atoms with E-state index in [0.717, 1.165) is 18.7 Å². The van der Waals surface area contributed by atoms with Crippen LogP contribution in [0, 0.1) is 5.82 Å². The zero-order valence-electron chi connectivity index (χ0n) is 9.39. The number of halogens is 1. The van der Waals surface area contributed by atoms with Gasteiger partial charge in [0, 0.05) is 25.0 Å². The Kier molecular flexibility index (Phi) is 4.24. The smallest absolute Gasteiger partial charge is 0.123 e. The highest BCUT2D eigenvalue weighted by Crippen LogP contribution is 2.22. The van der Waals surface area contributed by atoms with E-state index >= 15 is 0 Å². The van der Waals surface area contributed by atoms with Crippen LogP contribution in [0.15, 0.2) is 24.3 Å². The third kappa shape index (κ3) is 3.61. The third-order valence-corrected chi connectivity index (χ3v) is 2.49. The van der Waals surface area contributed by atoms with Gasteiger partial charge in [-0.3, -0.25) is 0 Å². The Morgan fingerprint density at radius 3 is 2.73 bits per heavy atom. The van der Waals surface area contributed by atoms with Gasteiger partial charge in [-0.05, 0) is 17.7 Å². The highest BCUT2D eigenvalue weighted by molar-refractivity contribution is 5.24. The van der Waals surface area contributed by atoms with Gasteiger partial charge in [0.25, 0.3) is 0 Å². The van der Waals surface area contributed by atoms with Crippen molar-refractivity contribution < 1.29 is 4.39 Å². The average molecular weight is 210 g/mol. The second-order valence-corrected chi connectivity index (χ2v) is 4.36. The molecule has 15 heavy (non-hydrogen) atoms. The molecule has 2 nitrogen and oxygen atoms in total. The van der Waals surface area contributed by atoms with E-state index in [2.05, 4.69) is 19.2 Å². The van der Waals surface area contributed by atoms with Gasteiger partial charge >= 0.3 is 0 Å². The fourth-order valence-corrected chi connectivity index (χ4v) is 1.51. The molecule has 84 valence electrons. The summed E-state index contributed by atoms with van der Waals surface area (Å²) >= 11 is 0. The van der Waals surface area contributed by atoms with Gasteiger partial charge in [-0.25, -0.2) is 4.39 Å². The van der Waals surface area contributed by atoms with E-state index in [1.807, 2.05) is 6.07 Å². The van der Waals surface area contributed by atoms with Crippen molar-refractivity contribution in [1.29, 1.82) is 0 Å². The van der Waals surface area contributed by atoms with Gasteiger partial charge in [-0.1, -0.05) is 26.0 Å². The lowest BCUT2D eigenvalue weighted by atomic mass is 9.84. The Morgan fingerprint density at radius 2 is 2.13 bits per heavy atom. The van der Waals surface area contributed by atoms with Crippen molar-refractivity contribution in [3.63, 3.8) is 0 Å². The van der Waals surface area contributed by atoms with Crippen LogP contribution < -0.4 is 11.1 Å². The van der Waals surface area contributed by atoms with E-state index < -0.39 is 0 Å². The SMILES string of the molecule is CC(C)(CNCCN)c1cccc(F)c1. The summed E-state index contributed by atoms with van der Waals surface area (Å²) in [4.78, 5) is 0. The lowest BCUT2D eigenvalue weighted by Gasteiger charge is -2.25. The summed E-state index contributed by atoms with van der Waals surface area (Å²) in [5.41, 5.74) is 6.33. The first-order valence-electron chi connectivity index (χ1n) is 5.23. The summed E-state index contributed by atoms with van der Waals surface area (Å²) in [6.07, 6.45) is 0. The van der Waals surface area contributed by atoms with Crippen molar-refractivity contribution >= 4 is 0 Å². The van der Waals surface area contributed by atoms with Gasteiger partial charge in [-0.2, -0.15) is 0 Å². The minimum atomic E-state index is -0.181. The van der Waals surface area contributed by atoms with Gasteiger partial charge in [0.15, 0.2) is 0 Å². The molecule has 0 bridgehead atoms. The molecule has 0 heterocycles. The molecule has 3 heteroatoms. The van der Waals surface area contributed by atoms with Gasteiger partial charge in [0.1, 0.15) is 5.82 Å². The molecule has 0 atom stereocenters. The van der Waals surface area contributed by atoms with Gasteiger partial charge in [-0.15, -0.1) is 0 Å². The first kappa shape index (κ1) is 12.1. The van der Waals surface area contributed by atoms with Crippen LogP contribution in [0.3, 0.4) is 0 Å². The molecule has 0 radical (unpaired) electrons. The predicted octanol–water partition coefficient (Wildman–Crippen LogP) is 1.65. The highest BCUT2D eigenvalue weighted by atomic mass is 19.1. The lowest BCUT2D eigenvalue weighted by molar-refractivity contribution is 0.470. The monoisotopic (exact) mass is 210 g/mol. The van der Waals surface area contributed by atoms with Crippen molar-refractivity contribution in [1.82, 2.24) is 5.32 Å². The molecule has 0 spiro atoms. The minimum Gasteiger partial charge on any atom is -0.329 e. The van der Waals surface area contributed by atoms with Crippen LogP contribution in [0.25, 0.3) is 0 Å². The fraction of sp³-hybridized carbons (Fsp3) is 0.500. The normalized spacial score (nSPS) is 11.7. The summed E-state index contributed by atoms with van der Waals surface area (Å²) in [6.45, 7) is 6.39. The van der Waals surface area contributed by atoms with Crippen molar-refractivity contribution in [2.45, 2.75) is 19.3 Å². The second kappa shape index (κ2) is 5.24. The van der Waals surface area contributed by atoms with Crippen LogP contribution in [0.4, 0.5) is 4.39 Å². The van der Waals surface area contributed by atoms with Crippen molar-refractivity contribution in [3.05, 3.63) is 35.6 Å². The molecule has 0 fully saturated rings. The van der Waals surface area contributed by atoms with Gasteiger partial charge in [0.2, 0.25) is 0 Å². The largest absolute Gasteiger partial charge is 0.329 e. The molecule has 0 amide bonds. The molecule has 0 aliphatic rings. The molecule has 1 aromatic rings. The van der Waals surface area contributed by atoms with E-state index in [4.69, 9.17) is 5.73 Å². The summed E-state index contributed by atoms with van der Waals surface area (Å²) in [7, 11) is 0. The Bertz CT molecular complexity index is 310. The quantitative estimate of drug-likeness (QED) is 0.725. The van der Waals surface area contributed by atoms with Crippen molar-refractivity contribution in [2.75, 3.05) is 19.6 Å². The van der Waals surface area contributed by atoms with Crippen LogP contribution in [-0.2, 0) is 5.41 Å². The maximum Gasteiger partial charge on any atom is 0.123 e. The van der Waals surface area contributed by atoms with Crippen molar-refractivity contribution in [2.24, 2.45) is 5.73 Å². The van der Waals surface area contributed by atoms with Crippen molar-refractivity contribution in [3.8, 4) is 0 Å². The second-order valence-electron chi connectivity index (χ2n) is 4.36. The number of nitrogens with one attached hydrogen (secondary N) is 1. The number of benzene rings is 1. The molecule has 1 aromatic carbocycles. The topological polar surface area (TPSA) is 38.0 Å². The van der Waals surface area contributed by atoms with Crippen LogP contribution in [0.1, 0.15) is 19.4 Å². The standard InChI is InChI=1S/C12H19FN2/c1-12(2,9-15-7-6-14)10-4-3-5-11(13)8-10/h3-5,8,15H,6-7,9,14H2,1-2H3. The first-order valence-corrected chi connectivity index (χ1v) is 5.23. The Morgan fingerprint density at radius 1 is 1.40 bits per heavy atom. The van der Waals surface area contributed by atoms with Crippen LogP contribution in [-0.4, -0.2) is 19.6 Å². The molecule has 0 saturated carbocycles. The summed E-state index contributed by atoms with van der Waals surface area (Å²) in [5.74, 6) is -0.181. The molecular formula is C12H19FN2. The molecule has 0 unspecified atom stereocenters. The maximum absolute atomic E-state index is 13.0.